The van der Waals surface area contributed by atoms with Crippen LogP contribution in [0.2, 0.25) is 0 Å². The molecule has 8 nitrogen and oxygen atoms in total. The first-order valence-electron chi connectivity index (χ1n) is 9.07. The van der Waals surface area contributed by atoms with E-state index in [1.54, 1.807) is 21.1 Å². The number of carbonyl (C=O) groups is 1. The van der Waals surface area contributed by atoms with E-state index in [1.165, 1.54) is 0 Å². The van der Waals surface area contributed by atoms with Gasteiger partial charge in [0.15, 0.2) is 17.5 Å². The van der Waals surface area contributed by atoms with E-state index in [2.05, 4.69) is 29.5 Å². The molecule has 0 saturated carbocycles. The molecular formula is C19H32N4O4. The average molecular weight is 380 g/mol. The van der Waals surface area contributed by atoms with Gasteiger partial charge in [-0.1, -0.05) is 19.9 Å². The van der Waals surface area contributed by atoms with Gasteiger partial charge in [0.05, 0.1) is 27.4 Å². The first kappa shape index (κ1) is 22.4. The van der Waals surface area contributed by atoms with Crippen LogP contribution in [0.4, 0.5) is 4.79 Å². The summed E-state index contributed by atoms with van der Waals surface area (Å²) in [5.74, 6) is 2.04. The van der Waals surface area contributed by atoms with Crippen molar-refractivity contribution in [3.8, 4) is 11.5 Å². The number of nitrogens with one attached hydrogen (secondary N) is 2. The maximum Gasteiger partial charge on any atom is 0.407 e. The first-order valence-corrected chi connectivity index (χ1v) is 9.07. The Kier molecular flexibility index (Phi) is 9.85. The van der Waals surface area contributed by atoms with Crippen molar-refractivity contribution in [1.82, 2.24) is 10.6 Å². The molecule has 0 bridgehead atoms. The number of aliphatic imine (C=N–C) groups is 1. The van der Waals surface area contributed by atoms with Gasteiger partial charge in [-0.25, -0.2) is 9.79 Å². The number of methoxy groups -OCH3 is 2. The molecule has 1 aromatic carbocycles. The van der Waals surface area contributed by atoms with Gasteiger partial charge < -0.3 is 30.6 Å². The Hall–Kier alpha value is -2.64. The topological polar surface area (TPSA) is 107 Å². The SMILES string of the molecule is CCOC(=O)NC(CNC(N)=NCc1ccc(OC)c(OC)c1)CC(C)C. The molecule has 0 aromatic heterocycles. The summed E-state index contributed by atoms with van der Waals surface area (Å²) in [6, 6.07) is 5.50. The number of carbonyl (C=O) groups excluding carboxylic acids is 1. The van der Waals surface area contributed by atoms with E-state index >= 15 is 0 Å². The highest BCUT2D eigenvalue weighted by Crippen LogP contribution is 2.27. The van der Waals surface area contributed by atoms with E-state index in [9.17, 15) is 4.79 Å². The average Bonchev–Trinajstić information content (AvgIpc) is 2.63. The molecule has 0 aliphatic heterocycles. The molecular weight excluding hydrogens is 348 g/mol. The number of amides is 1. The number of ether oxygens (including phenoxy) is 3. The second-order valence-electron chi connectivity index (χ2n) is 6.46. The van der Waals surface area contributed by atoms with Crippen LogP contribution in [0.3, 0.4) is 0 Å². The Labute approximate surface area is 161 Å². The molecule has 1 aromatic rings. The molecule has 4 N–H and O–H groups in total. The molecule has 0 fully saturated rings. The molecule has 27 heavy (non-hydrogen) atoms. The van der Waals surface area contributed by atoms with Crippen LogP contribution in [0.5, 0.6) is 11.5 Å². The Morgan fingerprint density at radius 2 is 1.93 bits per heavy atom. The second-order valence-corrected chi connectivity index (χ2v) is 6.46. The highest BCUT2D eigenvalue weighted by atomic mass is 16.5. The number of rotatable bonds is 10. The van der Waals surface area contributed by atoms with Gasteiger partial charge in [0.2, 0.25) is 0 Å². The summed E-state index contributed by atoms with van der Waals surface area (Å²) in [5.41, 5.74) is 6.90. The normalized spacial score (nSPS) is 12.4. The fraction of sp³-hybridized carbons (Fsp3) is 0.579. The van der Waals surface area contributed by atoms with E-state index in [0.29, 0.717) is 43.1 Å². The van der Waals surface area contributed by atoms with Crippen LogP contribution in [-0.2, 0) is 11.3 Å². The predicted octanol–water partition coefficient (Wildman–Crippen LogP) is 2.27. The smallest absolute Gasteiger partial charge is 0.407 e. The minimum Gasteiger partial charge on any atom is -0.493 e. The van der Waals surface area contributed by atoms with Gasteiger partial charge in [-0.15, -0.1) is 0 Å². The van der Waals surface area contributed by atoms with Gasteiger partial charge in [-0.2, -0.15) is 0 Å². The van der Waals surface area contributed by atoms with Gasteiger partial charge in [-0.05, 0) is 37.0 Å². The lowest BCUT2D eigenvalue weighted by molar-refractivity contribution is 0.146. The molecule has 1 amide bonds. The molecule has 0 radical (unpaired) electrons. The number of alkyl carbamates (subject to hydrolysis) is 1. The standard InChI is InChI=1S/C19H32N4O4/c1-6-27-19(24)23-15(9-13(2)3)12-22-18(20)21-11-14-7-8-16(25-4)17(10-14)26-5/h7-8,10,13,15H,6,9,11-12H2,1-5H3,(H,23,24)(H3,20,21,22). The third-order valence-electron chi connectivity index (χ3n) is 3.76. The van der Waals surface area contributed by atoms with Gasteiger partial charge in [0, 0.05) is 12.6 Å². The summed E-state index contributed by atoms with van der Waals surface area (Å²) in [6.07, 6.45) is 0.375. The van der Waals surface area contributed by atoms with Gasteiger partial charge in [-0.3, -0.25) is 0 Å². The van der Waals surface area contributed by atoms with Crippen LogP contribution in [0, 0.1) is 5.92 Å². The number of guanidine groups is 1. The summed E-state index contributed by atoms with van der Waals surface area (Å²) in [5, 5.41) is 5.90. The number of nitrogens with zero attached hydrogens (tertiary/aromatic N) is 1. The Morgan fingerprint density at radius 3 is 2.52 bits per heavy atom. The van der Waals surface area contributed by atoms with Crippen molar-refractivity contribution in [2.24, 2.45) is 16.6 Å². The van der Waals surface area contributed by atoms with E-state index in [0.717, 1.165) is 12.0 Å². The van der Waals surface area contributed by atoms with Crippen molar-refractivity contribution in [2.45, 2.75) is 39.8 Å². The van der Waals surface area contributed by atoms with E-state index in [1.807, 2.05) is 18.2 Å². The summed E-state index contributed by atoms with van der Waals surface area (Å²) < 4.78 is 15.4. The molecule has 152 valence electrons. The highest BCUT2D eigenvalue weighted by Gasteiger charge is 2.15. The summed E-state index contributed by atoms with van der Waals surface area (Å²) in [4.78, 5) is 16.0. The molecule has 0 heterocycles. The van der Waals surface area contributed by atoms with Crippen molar-refractivity contribution in [2.75, 3.05) is 27.4 Å². The number of hydrogen-bond acceptors (Lipinski definition) is 5. The zero-order valence-corrected chi connectivity index (χ0v) is 16.9. The zero-order chi connectivity index (χ0) is 20.2. The molecule has 1 atom stereocenters. The van der Waals surface area contributed by atoms with E-state index in [-0.39, 0.29) is 6.04 Å². The molecule has 0 spiro atoms. The third-order valence-corrected chi connectivity index (χ3v) is 3.76. The van der Waals surface area contributed by atoms with Crippen molar-refractivity contribution in [3.63, 3.8) is 0 Å². The lowest BCUT2D eigenvalue weighted by Gasteiger charge is -2.21. The van der Waals surface area contributed by atoms with Crippen molar-refractivity contribution in [1.29, 1.82) is 0 Å². The Bertz CT molecular complexity index is 620. The number of hydrogen-bond donors (Lipinski definition) is 3. The fourth-order valence-corrected chi connectivity index (χ4v) is 2.54. The Balaban J connectivity index is 2.61. The van der Waals surface area contributed by atoms with Gasteiger partial charge in [0.25, 0.3) is 0 Å². The third kappa shape index (κ3) is 8.52. The lowest BCUT2D eigenvalue weighted by atomic mass is 10.0. The fourth-order valence-electron chi connectivity index (χ4n) is 2.54. The molecule has 0 aliphatic carbocycles. The van der Waals surface area contributed by atoms with Crippen molar-refractivity contribution >= 4 is 12.1 Å². The molecule has 8 heteroatoms. The van der Waals surface area contributed by atoms with Gasteiger partial charge >= 0.3 is 6.09 Å². The van der Waals surface area contributed by atoms with E-state index in [4.69, 9.17) is 19.9 Å². The predicted molar refractivity (Wildman–Crippen MR) is 106 cm³/mol. The monoisotopic (exact) mass is 380 g/mol. The van der Waals surface area contributed by atoms with Crippen LogP contribution in [0.15, 0.2) is 23.2 Å². The van der Waals surface area contributed by atoms with Crippen LogP contribution in [-0.4, -0.2) is 45.5 Å². The maximum absolute atomic E-state index is 11.7. The van der Waals surface area contributed by atoms with Crippen LogP contribution < -0.4 is 25.8 Å². The minimum atomic E-state index is -0.425. The van der Waals surface area contributed by atoms with Crippen LogP contribution >= 0.6 is 0 Å². The molecule has 0 saturated heterocycles. The van der Waals surface area contributed by atoms with Crippen molar-refractivity contribution in [3.05, 3.63) is 23.8 Å². The summed E-state index contributed by atoms with van der Waals surface area (Å²) in [6.45, 7) is 7.16. The van der Waals surface area contributed by atoms with Crippen LogP contribution in [0.25, 0.3) is 0 Å². The van der Waals surface area contributed by atoms with Crippen LogP contribution in [0.1, 0.15) is 32.8 Å². The largest absolute Gasteiger partial charge is 0.493 e. The number of nitrogens with two attached hydrogens (primary N) is 1. The number of benzene rings is 1. The highest BCUT2D eigenvalue weighted by molar-refractivity contribution is 5.78. The van der Waals surface area contributed by atoms with Crippen molar-refractivity contribution < 1.29 is 19.0 Å². The summed E-state index contributed by atoms with van der Waals surface area (Å²) >= 11 is 0. The minimum absolute atomic E-state index is 0.0983. The zero-order valence-electron chi connectivity index (χ0n) is 16.9. The van der Waals surface area contributed by atoms with Gasteiger partial charge in [0.1, 0.15) is 0 Å². The molecule has 0 aliphatic rings. The Morgan fingerprint density at radius 1 is 1.22 bits per heavy atom. The van der Waals surface area contributed by atoms with E-state index < -0.39 is 6.09 Å². The first-order chi connectivity index (χ1) is 12.9. The summed E-state index contributed by atoms with van der Waals surface area (Å²) in [7, 11) is 3.18. The lowest BCUT2D eigenvalue weighted by Crippen LogP contribution is -2.46. The molecule has 1 rings (SSSR count). The molecule has 1 unspecified atom stereocenters. The second kappa shape index (κ2) is 11.9. The quantitative estimate of drug-likeness (QED) is 0.425. The maximum atomic E-state index is 11.7.